The Kier molecular flexibility index (Phi) is 5.17. The third-order valence-electron chi connectivity index (χ3n) is 3.11. The first-order valence-corrected chi connectivity index (χ1v) is 6.51. The van der Waals surface area contributed by atoms with E-state index >= 15 is 0 Å². The Morgan fingerprint density at radius 2 is 2.00 bits per heavy atom. The van der Waals surface area contributed by atoms with E-state index in [2.05, 4.69) is 5.32 Å². The van der Waals surface area contributed by atoms with Crippen LogP contribution in [0.25, 0.3) is 0 Å². The molecule has 1 fully saturated rings. The van der Waals surface area contributed by atoms with Crippen LogP contribution in [0.1, 0.15) is 27.2 Å². The fourth-order valence-corrected chi connectivity index (χ4v) is 2.22. The average Bonchev–Trinajstić information content (AvgIpc) is 2.77. The molecule has 0 radical (unpaired) electrons. The van der Waals surface area contributed by atoms with Crippen LogP contribution in [-0.2, 0) is 14.3 Å². The monoisotopic (exact) mass is 272 g/mol. The van der Waals surface area contributed by atoms with Crippen molar-refractivity contribution in [2.75, 3.05) is 27.2 Å². The fourth-order valence-electron chi connectivity index (χ4n) is 2.22. The van der Waals surface area contributed by atoms with Crippen LogP contribution in [0, 0.1) is 5.92 Å². The molecule has 2 unspecified atom stereocenters. The maximum absolute atomic E-state index is 11.9. The first-order valence-electron chi connectivity index (χ1n) is 6.51. The van der Waals surface area contributed by atoms with E-state index in [0.717, 1.165) is 6.42 Å². The highest BCUT2D eigenvalue weighted by molar-refractivity contribution is 5.76. The van der Waals surface area contributed by atoms with Crippen molar-refractivity contribution < 1.29 is 19.1 Å². The summed E-state index contributed by atoms with van der Waals surface area (Å²) < 4.78 is 10.1. The minimum Gasteiger partial charge on any atom is -0.468 e. The Hall–Kier alpha value is -1.30. The maximum atomic E-state index is 11.9. The number of hydrogen-bond donors (Lipinski definition) is 1. The molecule has 1 aliphatic rings. The van der Waals surface area contributed by atoms with Gasteiger partial charge in [0.25, 0.3) is 0 Å². The second kappa shape index (κ2) is 6.23. The molecule has 0 spiro atoms. The third-order valence-corrected chi connectivity index (χ3v) is 3.11. The Balaban J connectivity index is 2.57. The minimum atomic E-state index is -0.500. The van der Waals surface area contributed by atoms with Gasteiger partial charge in [0, 0.05) is 19.0 Å². The molecule has 6 nitrogen and oxygen atoms in total. The molecule has 0 aromatic carbocycles. The third kappa shape index (κ3) is 4.38. The highest BCUT2D eigenvalue weighted by atomic mass is 16.6. The van der Waals surface area contributed by atoms with E-state index in [4.69, 9.17) is 9.47 Å². The average molecular weight is 272 g/mol. The van der Waals surface area contributed by atoms with Crippen LogP contribution in [-0.4, -0.2) is 55.9 Å². The number of esters is 1. The summed E-state index contributed by atoms with van der Waals surface area (Å²) in [6.45, 7) is 6.63. The summed E-state index contributed by atoms with van der Waals surface area (Å²) in [7, 11) is 3.09. The van der Waals surface area contributed by atoms with Crippen molar-refractivity contribution in [3.63, 3.8) is 0 Å². The molecule has 0 bridgehead atoms. The van der Waals surface area contributed by atoms with Gasteiger partial charge in [-0.15, -0.1) is 0 Å². The van der Waals surface area contributed by atoms with Gasteiger partial charge < -0.3 is 19.7 Å². The standard InChI is InChI=1S/C13H24N2O4/c1-13(2,3)19-12(17)15-7-6-9(8-15)10(14-4)11(16)18-5/h9-10,14H,6-8H2,1-5H3. The Labute approximate surface area is 114 Å². The minimum absolute atomic E-state index is 0.0602. The number of likely N-dealkylation sites (tertiary alicyclic amines) is 1. The lowest BCUT2D eigenvalue weighted by molar-refractivity contribution is -0.144. The number of ether oxygens (including phenoxy) is 2. The molecule has 1 aliphatic heterocycles. The number of carbonyl (C=O) groups is 2. The highest BCUT2D eigenvalue weighted by Crippen LogP contribution is 2.22. The van der Waals surface area contributed by atoms with Gasteiger partial charge in [0.2, 0.25) is 0 Å². The summed E-state index contributed by atoms with van der Waals surface area (Å²) in [5.74, 6) is -0.233. The molecule has 19 heavy (non-hydrogen) atoms. The molecular weight excluding hydrogens is 248 g/mol. The molecule has 1 rings (SSSR count). The summed E-state index contributed by atoms with van der Waals surface area (Å²) in [6.07, 6.45) is 0.439. The van der Waals surface area contributed by atoms with E-state index < -0.39 is 5.60 Å². The molecule has 0 aromatic rings. The summed E-state index contributed by atoms with van der Waals surface area (Å²) >= 11 is 0. The Morgan fingerprint density at radius 3 is 2.47 bits per heavy atom. The molecule has 2 atom stereocenters. The number of rotatable bonds is 3. The second-order valence-electron chi connectivity index (χ2n) is 5.76. The molecule has 0 aliphatic carbocycles. The summed E-state index contributed by atoms with van der Waals surface area (Å²) in [5.41, 5.74) is -0.500. The quantitative estimate of drug-likeness (QED) is 0.776. The molecule has 0 aromatic heterocycles. The highest BCUT2D eigenvalue weighted by Gasteiger charge is 2.36. The maximum Gasteiger partial charge on any atom is 0.410 e. The number of amides is 1. The molecule has 110 valence electrons. The first-order chi connectivity index (χ1) is 8.78. The molecule has 1 heterocycles. The number of hydrogen-bond acceptors (Lipinski definition) is 5. The van der Waals surface area contributed by atoms with Crippen molar-refractivity contribution in [2.45, 2.75) is 38.8 Å². The van der Waals surface area contributed by atoms with Gasteiger partial charge in [-0.3, -0.25) is 4.79 Å². The Bertz CT molecular complexity index is 338. The van der Waals surface area contributed by atoms with E-state index in [0.29, 0.717) is 13.1 Å². The normalized spacial score (nSPS) is 21.1. The zero-order valence-corrected chi connectivity index (χ0v) is 12.4. The van der Waals surface area contributed by atoms with Crippen LogP contribution < -0.4 is 5.32 Å². The summed E-state index contributed by atoms with van der Waals surface area (Å²) in [5, 5.41) is 2.95. The molecule has 1 N–H and O–H groups in total. The van der Waals surface area contributed by atoms with Gasteiger partial charge >= 0.3 is 12.1 Å². The lowest BCUT2D eigenvalue weighted by Crippen LogP contribution is -2.43. The first kappa shape index (κ1) is 15.8. The van der Waals surface area contributed by atoms with E-state index in [9.17, 15) is 9.59 Å². The zero-order chi connectivity index (χ0) is 14.6. The van der Waals surface area contributed by atoms with Crippen molar-refractivity contribution in [2.24, 2.45) is 5.92 Å². The van der Waals surface area contributed by atoms with E-state index in [1.807, 2.05) is 20.8 Å². The molecule has 6 heteroatoms. The van der Waals surface area contributed by atoms with Gasteiger partial charge in [0.1, 0.15) is 11.6 Å². The van der Waals surface area contributed by atoms with Crippen LogP contribution >= 0.6 is 0 Å². The number of carbonyl (C=O) groups excluding carboxylic acids is 2. The van der Waals surface area contributed by atoms with Gasteiger partial charge in [0.15, 0.2) is 0 Å². The van der Waals surface area contributed by atoms with Crippen molar-refractivity contribution >= 4 is 12.1 Å². The lowest BCUT2D eigenvalue weighted by Gasteiger charge is -2.25. The predicted octanol–water partition coefficient (Wildman–Crippen LogP) is 1.00. The zero-order valence-electron chi connectivity index (χ0n) is 12.4. The molecule has 1 saturated heterocycles. The van der Waals surface area contributed by atoms with Crippen LogP contribution in [0.5, 0.6) is 0 Å². The van der Waals surface area contributed by atoms with Crippen molar-refractivity contribution in [1.29, 1.82) is 0 Å². The predicted molar refractivity (Wildman–Crippen MR) is 70.8 cm³/mol. The smallest absolute Gasteiger partial charge is 0.410 e. The largest absolute Gasteiger partial charge is 0.468 e. The van der Waals surface area contributed by atoms with Gasteiger partial charge in [-0.1, -0.05) is 0 Å². The second-order valence-corrected chi connectivity index (χ2v) is 5.76. The molecule has 1 amide bonds. The topological polar surface area (TPSA) is 67.9 Å². The fraction of sp³-hybridized carbons (Fsp3) is 0.846. The van der Waals surface area contributed by atoms with Gasteiger partial charge in [-0.2, -0.15) is 0 Å². The van der Waals surface area contributed by atoms with Crippen LogP contribution in [0.15, 0.2) is 0 Å². The van der Waals surface area contributed by atoms with Gasteiger partial charge in [-0.25, -0.2) is 4.79 Å². The van der Waals surface area contributed by atoms with Gasteiger partial charge in [0.05, 0.1) is 7.11 Å². The number of nitrogens with one attached hydrogen (secondary N) is 1. The summed E-state index contributed by atoms with van der Waals surface area (Å²) in [6, 6.07) is -0.377. The van der Waals surface area contributed by atoms with Crippen LogP contribution in [0.2, 0.25) is 0 Å². The van der Waals surface area contributed by atoms with Crippen molar-refractivity contribution in [1.82, 2.24) is 10.2 Å². The number of likely N-dealkylation sites (N-methyl/N-ethyl adjacent to an activating group) is 1. The summed E-state index contributed by atoms with van der Waals surface area (Å²) in [4.78, 5) is 25.2. The van der Waals surface area contributed by atoms with Crippen molar-refractivity contribution in [3.8, 4) is 0 Å². The number of methoxy groups -OCH3 is 1. The SMILES string of the molecule is CNC(C(=O)OC)C1CCN(C(=O)OC(C)(C)C)C1. The van der Waals surface area contributed by atoms with Crippen LogP contribution in [0.3, 0.4) is 0 Å². The van der Waals surface area contributed by atoms with E-state index in [1.165, 1.54) is 7.11 Å². The lowest BCUT2D eigenvalue weighted by atomic mass is 9.99. The van der Waals surface area contributed by atoms with E-state index in [1.54, 1.807) is 11.9 Å². The number of nitrogens with zero attached hydrogens (tertiary/aromatic N) is 1. The van der Waals surface area contributed by atoms with E-state index in [-0.39, 0.29) is 24.0 Å². The van der Waals surface area contributed by atoms with Crippen molar-refractivity contribution in [3.05, 3.63) is 0 Å². The Morgan fingerprint density at radius 1 is 1.37 bits per heavy atom. The molecule has 0 saturated carbocycles. The van der Waals surface area contributed by atoms with Gasteiger partial charge in [-0.05, 0) is 34.2 Å². The molecular formula is C13H24N2O4. The van der Waals surface area contributed by atoms with Crippen LogP contribution in [0.4, 0.5) is 4.79 Å².